The van der Waals surface area contributed by atoms with Crippen molar-refractivity contribution < 1.29 is 13.2 Å². The van der Waals surface area contributed by atoms with Crippen LogP contribution in [0.5, 0.6) is 0 Å². The number of carbonyl (C=O) groups is 1. The van der Waals surface area contributed by atoms with Crippen LogP contribution in [0.1, 0.15) is 30.1 Å². The first-order valence-corrected chi connectivity index (χ1v) is 9.31. The van der Waals surface area contributed by atoms with Gasteiger partial charge in [0.15, 0.2) is 0 Å². The van der Waals surface area contributed by atoms with Gasteiger partial charge in [0.2, 0.25) is 10.0 Å². The number of pyridine rings is 1. The molecule has 3 saturated heterocycles. The van der Waals surface area contributed by atoms with Gasteiger partial charge < -0.3 is 4.90 Å². The first-order valence-electron chi connectivity index (χ1n) is 7.70. The number of fused-ring (bicyclic) bond motifs is 4. The van der Waals surface area contributed by atoms with Crippen molar-refractivity contribution in [1.82, 2.24) is 14.2 Å². The second kappa shape index (κ2) is 5.96. The lowest BCUT2D eigenvalue weighted by Crippen LogP contribution is -2.48. The third-order valence-electron chi connectivity index (χ3n) is 4.60. The topological polar surface area (TPSA) is 70.6 Å². The molecule has 0 spiro atoms. The van der Waals surface area contributed by atoms with Crippen LogP contribution in [0.15, 0.2) is 24.5 Å². The van der Waals surface area contributed by atoms with E-state index < -0.39 is 10.0 Å². The number of nitrogens with zero attached hydrogens (tertiary/aromatic N) is 3. The Morgan fingerprint density at radius 1 is 1.23 bits per heavy atom. The first kappa shape index (κ1) is 15.4. The summed E-state index contributed by atoms with van der Waals surface area (Å²) in [6, 6.07) is 3.32. The van der Waals surface area contributed by atoms with E-state index in [4.69, 9.17) is 0 Å². The lowest BCUT2D eigenvalue weighted by molar-refractivity contribution is 0.0746. The van der Waals surface area contributed by atoms with Crippen LogP contribution in [-0.4, -0.2) is 59.9 Å². The highest BCUT2D eigenvalue weighted by Crippen LogP contribution is 2.30. The van der Waals surface area contributed by atoms with E-state index >= 15 is 0 Å². The normalized spacial score (nSPS) is 26.0. The van der Waals surface area contributed by atoms with Crippen LogP contribution in [0.25, 0.3) is 0 Å². The highest BCUT2D eigenvalue weighted by Gasteiger charge is 2.41. The molecule has 2 atom stereocenters. The summed E-state index contributed by atoms with van der Waals surface area (Å²) in [4.78, 5) is 18.4. The van der Waals surface area contributed by atoms with Gasteiger partial charge in [0.1, 0.15) is 0 Å². The number of piperidine rings is 1. The van der Waals surface area contributed by atoms with Crippen LogP contribution in [0.2, 0.25) is 0 Å². The predicted octanol–water partition coefficient (Wildman–Crippen LogP) is 0.968. The third kappa shape index (κ3) is 2.87. The van der Waals surface area contributed by atoms with Gasteiger partial charge in [-0.3, -0.25) is 9.78 Å². The molecule has 22 heavy (non-hydrogen) atoms. The number of amides is 1. The van der Waals surface area contributed by atoms with Crippen LogP contribution in [-0.2, 0) is 10.0 Å². The van der Waals surface area contributed by atoms with E-state index in [0.717, 1.165) is 12.8 Å². The van der Waals surface area contributed by atoms with Gasteiger partial charge in [-0.15, -0.1) is 0 Å². The Hall–Kier alpha value is -1.47. The van der Waals surface area contributed by atoms with Gasteiger partial charge in [-0.05, 0) is 37.8 Å². The molecule has 0 N–H and O–H groups in total. The van der Waals surface area contributed by atoms with Crippen molar-refractivity contribution in [2.24, 2.45) is 5.92 Å². The van der Waals surface area contributed by atoms with E-state index in [1.807, 2.05) is 4.90 Å². The predicted molar refractivity (Wildman–Crippen MR) is 82.8 cm³/mol. The van der Waals surface area contributed by atoms with E-state index in [0.29, 0.717) is 25.2 Å². The minimum Gasteiger partial charge on any atom is -0.337 e. The Morgan fingerprint density at radius 3 is 2.64 bits per heavy atom. The molecular formula is C15H21N3O3S. The Labute approximate surface area is 131 Å². The maximum atomic E-state index is 12.6. The van der Waals surface area contributed by atoms with Crippen molar-refractivity contribution in [2.75, 3.05) is 25.4 Å². The largest absolute Gasteiger partial charge is 0.337 e. The molecule has 0 saturated carbocycles. The van der Waals surface area contributed by atoms with Crippen LogP contribution in [0, 0.1) is 5.92 Å². The van der Waals surface area contributed by atoms with Crippen molar-refractivity contribution in [1.29, 1.82) is 0 Å². The van der Waals surface area contributed by atoms with Crippen molar-refractivity contribution in [3.63, 3.8) is 0 Å². The van der Waals surface area contributed by atoms with E-state index in [9.17, 15) is 13.2 Å². The van der Waals surface area contributed by atoms with Crippen molar-refractivity contribution >= 4 is 15.9 Å². The van der Waals surface area contributed by atoms with Gasteiger partial charge in [0, 0.05) is 43.6 Å². The standard InChI is InChI=1S/C15H21N3O3S/c1-2-22(20,21)18-10-12-3-4-14(18)11-17(9-12)15(19)13-5-7-16-8-6-13/h5-8,12,14H,2-4,9-11H2,1H3/t12-,14+/m0/s1. The summed E-state index contributed by atoms with van der Waals surface area (Å²) in [5, 5.41) is 0. The number of sulfonamides is 1. The molecule has 0 radical (unpaired) electrons. The zero-order chi connectivity index (χ0) is 15.7. The highest BCUT2D eigenvalue weighted by molar-refractivity contribution is 7.89. The van der Waals surface area contributed by atoms with Gasteiger partial charge in [0.25, 0.3) is 5.91 Å². The van der Waals surface area contributed by atoms with E-state index in [2.05, 4.69) is 4.98 Å². The van der Waals surface area contributed by atoms with Crippen molar-refractivity contribution in [2.45, 2.75) is 25.8 Å². The van der Waals surface area contributed by atoms with Crippen molar-refractivity contribution in [3.8, 4) is 0 Å². The second-order valence-electron chi connectivity index (χ2n) is 6.01. The fourth-order valence-electron chi connectivity index (χ4n) is 3.39. The van der Waals surface area contributed by atoms with Gasteiger partial charge in [-0.1, -0.05) is 0 Å². The second-order valence-corrected chi connectivity index (χ2v) is 8.22. The molecule has 3 aliphatic heterocycles. The van der Waals surface area contributed by atoms with Crippen LogP contribution in [0.4, 0.5) is 0 Å². The summed E-state index contributed by atoms with van der Waals surface area (Å²) in [6.45, 7) is 3.33. The zero-order valence-corrected chi connectivity index (χ0v) is 13.5. The Balaban J connectivity index is 1.83. The Kier molecular flexibility index (Phi) is 4.18. The van der Waals surface area contributed by atoms with Gasteiger partial charge in [-0.25, -0.2) is 8.42 Å². The number of hydrogen-bond acceptors (Lipinski definition) is 4. The minimum atomic E-state index is -3.20. The maximum absolute atomic E-state index is 12.6. The van der Waals surface area contributed by atoms with E-state index in [1.54, 1.807) is 35.8 Å². The molecule has 1 aromatic rings. The van der Waals surface area contributed by atoms with Crippen LogP contribution >= 0.6 is 0 Å². The minimum absolute atomic E-state index is 0.0324. The number of hydrogen-bond donors (Lipinski definition) is 0. The van der Waals surface area contributed by atoms with E-state index in [-0.39, 0.29) is 23.6 Å². The third-order valence-corrected chi connectivity index (χ3v) is 6.49. The SMILES string of the molecule is CCS(=O)(=O)N1C[C@H]2CC[C@@H]1CN(C(=O)c1ccncc1)C2. The molecule has 120 valence electrons. The summed E-state index contributed by atoms with van der Waals surface area (Å²) >= 11 is 0. The molecule has 0 aliphatic carbocycles. The number of aromatic nitrogens is 1. The molecule has 3 fully saturated rings. The Bertz CT molecular complexity index is 647. The first-order chi connectivity index (χ1) is 10.5. The molecule has 0 aromatic carbocycles. The average molecular weight is 323 g/mol. The monoisotopic (exact) mass is 323 g/mol. The summed E-state index contributed by atoms with van der Waals surface area (Å²) in [5.41, 5.74) is 0.612. The lowest BCUT2D eigenvalue weighted by atomic mass is 9.97. The van der Waals surface area contributed by atoms with Crippen molar-refractivity contribution in [3.05, 3.63) is 30.1 Å². The average Bonchev–Trinajstić information content (AvgIpc) is 2.87. The molecule has 3 aliphatic rings. The zero-order valence-electron chi connectivity index (χ0n) is 12.7. The fourth-order valence-corrected chi connectivity index (χ4v) is 4.78. The molecule has 7 heteroatoms. The van der Waals surface area contributed by atoms with Gasteiger partial charge >= 0.3 is 0 Å². The summed E-state index contributed by atoms with van der Waals surface area (Å²) in [5.74, 6) is 0.315. The summed E-state index contributed by atoms with van der Waals surface area (Å²) < 4.78 is 26.1. The van der Waals surface area contributed by atoms with Crippen LogP contribution in [0.3, 0.4) is 0 Å². The summed E-state index contributed by atoms with van der Waals surface area (Å²) in [6.07, 6.45) is 5.03. The number of rotatable bonds is 3. The molecule has 0 unspecified atom stereocenters. The Morgan fingerprint density at radius 2 is 1.95 bits per heavy atom. The molecular weight excluding hydrogens is 302 g/mol. The molecule has 2 bridgehead atoms. The van der Waals surface area contributed by atoms with Gasteiger partial charge in [0.05, 0.1) is 5.75 Å². The molecule has 1 amide bonds. The summed E-state index contributed by atoms with van der Waals surface area (Å²) in [7, 11) is -3.20. The highest BCUT2D eigenvalue weighted by atomic mass is 32.2. The van der Waals surface area contributed by atoms with E-state index in [1.165, 1.54) is 0 Å². The quantitative estimate of drug-likeness (QED) is 0.831. The molecule has 4 rings (SSSR count). The molecule has 6 nitrogen and oxygen atoms in total. The van der Waals surface area contributed by atoms with Gasteiger partial charge in [-0.2, -0.15) is 4.31 Å². The molecule has 4 heterocycles. The number of carbonyl (C=O) groups excluding carboxylic acids is 1. The maximum Gasteiger partial charge on any atom is 0.254 e. The smallest absolute Gasteiger partial charge is 0.254 e. The molecule has 1 aromatic heterocycles. The van der Waals surface area contributed by atoms with Crippen LogP contribution < -0.4 is 0 Å². The lowest BCUT2D eigenvalue weighted by Gasteiger charge is -2.34. The fraction of sp³-hybridized carbons (Fsp3) is 0.600.